The largest absolute Gasteiger partial charge is 0.497 e. The van der Waals surface area contributed by atoms with Crippen LogP contribution >= 0.6 is 0 Å². The number of amides is 3. The summed E-state index contributed by atoms with van der Waals surface area (Å²) in [6.45, 7) is 1.03. The van der Waals surface area contributed by atoms with Gasteiger partial charge in [0.25, 0.3) is 0 Å². The van der Waals surface area contributed by atoms with Gasteiger partial charge in [0.05, 0.1) is 20.1 Å². The van der Waals surface area contributed by atoms with Crippen LogP contribution in [0.25, 0.3) is 0 Å². The Kier molecular flexibility index (Phi) is 6.37. The predicted octanol–water partition coefficient (Wildman–Crippen LogP) is 3.59. The van der Waals surface area contributed by atoms with E-state index in [-0.39, 0.29) is 17.9 Å². The van der Waals surface area contributed by atoms with Gasteiger partial charge in [-0.05, 0) is 61.4 Å². The number of piperidine rings is 1. The molecule has 7 heteroatoms. The summed E-state index contributed by atoms with van der Waals surface area (Å²) in [4.78, 5) is 26.8. The molecule has 2 aromatic rings. The number of nitrogens with one attached hydrogen (secondary N) is 2. The normalized spacial score (nSPS) is 16.2. The summed E-state index contributed by atoms with van der Waals surface area (Å²) in [7, 11) is 3.19. The van der Waals surface area contributed by atoms with E-state index in [1.807, 2.05) is 0 Å². The number of urea groups is 1. The van der Waals surface area contributed by atoms with E-state index in [1.165, 1.54) is 0 Å². The molecule has 3 amide bonds. The highest BCUT2D eigenvalue weighted by atomic mass is 16.5. The third kappa shape index (κ3) is 4.94. The Balaban J connectivity index is 1.55. The number of benzene rings is 2. The van der Waals surface area contributed by atoms with Gasteiger partial charge in [0.2, 0.25) is 5.91 Å². The van der Waals surface area contributed by atoms with Crippen LogP contribution in [-0.2, 0) is 4.79 Å². The Bertz CT molecular complexity index is 738. The molecule has 1 fully saturated rings. The molecule has 3 rings (SSSR count). The number of methoxy groups -OCH3 is 2. The second-order valence-corrected chi connectivity index (χ2v) is 6.66. The van der Waals surface area contributed by atoms with E-state index in [1.54, 1.807) is 67.7 Å². The molecule has 1 saturated heterocycles. The van der Waals surface area contributed by atoms with Gasteiger partial charge in [-0.1, -0.05) is 0 Å². The SMILES string of the molecule is COc1ccc(NC(=O)[C@@H]2CCCN(C(=O)Nc3ccc(OC)cc3)C2)cc1. The second-order valence-electron chi connectivity index (χ2n) is 6.66. The van der Waals surface area contributed by atoms with Crippen LogP contribution in [0.1, 0.15) is 12.8 Å². The fourth-order valence-corrected chi connectivity index (χ4v) is 3.17. The molecule has 0 bridgehead atoms. The molecule has 0 aliphatic carbocycles. The monoisotopic (exact) mass is 383 g/mol. The highest BCUT2D eigenvalue weighted by molar-refractivity contribution is 5.94. The fourth-order valence-electron chi connectivity index (χ4n) is 3.17. The Morgan fingerprint density at radius 3 is 1.96 bits per heavy atom. The first-order valence-electron chi connectivity index (χ1n) is 9.24. The fraction of sp³-hybridized carbons (Fsp3) is 0.333. The minimum atomic E-state index is -0.238. The van der Waals surface area contributed by atoms with Gasteiger partial charge in [-0.15, -0.1) is 0 Å². The topological polar surface area (TPSA) is 79.9 Å². The Labute approximate surface area is 164 Å². The molecule has 2 N–H and O–H groups in total. The molecular weight excluding hydrogens is 358 g/mol. The lowest BCUT2D eigenvalue weighted by Crippen LogP contribution is -2.45. The van der Waals surface area contributed by atoms with E-state index in [0.717, 1.165) is 24.3 Å². The number of ether oxygens (including phenoxy) is 2. The zero-order valence-corrected chi connectivity index (χ0v) is 16.1. The van der Waals surface area contributed by atoms with Gasteiger partial charge in [0, 0.05) is 24.5 Å². The van der Waals surface area contributed by atoms with Gasteiger partial charge in [-0.3, -0.25) is 4.79 Å². The number of carbonyl (C=O) groups is 2. The smallest absolute Gasteiger partial charge is 0.321 e. The molecule has 2 aromatic carbocycles. The van der Waals surface area contributed by atoms with Crippen LogP contribution in [0.15, 0.2) is 48.5 Å². The van der Waals surface area contributed by atoms with Gasteiger partial charge in [-0.2, -0.15) is 0 Å². The van der Waals surface area contributed by atoms with Gasteiger partial charge < -0.3 is 25.0 Å². The van der Waals surface area contributed by atoms with Crippen molar-refractivity contribution in [2.24, 2.45) is 5.92 Å². The standard InChI is InChI=1S/C21H25N3O4/c1-27-18-9-5-16(6-10-18)22-20(25)15-4-3-13-24(14-15)21(26)23-17-7-11-19(28-2)12-8-17/h5-12,15H,3-4,13-14H2,1-2H3,(H,22,25)(H,23,26)/t15-/m1/s1. The maximum atomic E-state index is 12.6. The number of hydrogen-bond acceptors (Lipinski definition) is 4. The van der Waals surface area contributed by atoms with Gasteiger partial charge in [0.15, 0.2) is 0 Å². The average molecular weight is 383 g/mol. The molecule has 0 radical (unpaired) electrons. The highest BCUT2D eigenvalue weighted by Crippen LogP contribution is 2.22. The number of nitrogens with zero attached hydrogens (tertiary/aromatic N) is 1. The summed E-state index contributed by atoms with van der Waals surface area (Å²) in [6.07, 6.45) is 1.55. The van der Waals surface area contributed by atoms with Crippen LogP contribution in [0.4, 0.5) is 16.2 Å². The van der Waals surface area contributed by atoms with E-state index >= 15 is 0 Å². The molecule has 0 spiro atoms. The second kappa shape index (κ2) is 9.12. The van der Waals surface area contributed by atoms with Crippen molar-refractivity contribution in [3.63, 3.8) is 0 Å². The van der Waals surface area contributed by atoms with Crippen molar-refractivity contribution in [2.45, 2.75) is 12.8 Å². The molecule has 7 nitrogen and oxygen atoms in total. The Morgan fingerprint density at radius 1 is 0.893 bits per heavy atom. The highest BCUT2D eigenvalue weighted by Gasteiger charge is 2.28. The first kappa shape index (κ1) is 19.5. The van der Waals surface area contributed by atoms with Crippen molar-refractivity contribution in [1.82, 2.24) is 4.90 Å². The minimum Gasteiger partial charge on any atom is -0.497 e. The van der Waals surface area contributed by atoms with Crippen molar-refractivity contribution < 1.29 is 19.1 Å². The quantitative estimate of drug-likeness (QED) is 0.827. The molecule has 0 unspecified atom stereocenters. The molecule has 1 heterocycles. The molecule has 1 atom stereocenters. The average Bonchev–Trinajstić information content (AvgIpc) is 2.75. The lowest BCUT2D eigenvalue weighted by molar-refractivity contribution is -0.121. The number of carbonyl (C=O) groups excluding carboxylic acids is 2. The third-order valence-electron chi connectivity index (χ3n) is 4.78. The summed E-state index contributed by atoms with van der Waals surface area (Å²) in [5.41, 5.74) is 1.40. The lowest BCUT2D eigenvalue weighted by Gasteiger charge is -2.32. The van der Waals surface area contributed by atoms with Crippen LogP contribution in [0.5, 0.6) is 11.5 Å². The molecule has 1 aliphatic rings. The van der Waals surface area contributed by atoms with Crippen LogP contribution in [-0.4, -0.2) is 44.1 Å². The van der Waals surface area contributed by atoms with Crippen LogP contribution in [0.2, 0.25) is 0 Å². The van der Waals surface area contributed by atoms with Crippen molar-refractivity contribution in [1.29, 1.82) is 0 Å². The van der Waals surface area contributed by atoms with Gasteiger partial charge in [-0.25, -0.2) is 4.79 Å². The number of anilines is 2. The zero-order chi connectivity index (χ0) is 19.9. The molecule has 0 saturated carbocycles. The van der Waals surface area contributed by atoms with E-state index in [4.69, 9.17) is 9.47 Å². The molecule has 0 aromatic heterocycles. The first-order chi connectivity index (χ1) is 13.6. The maximum Gasteiger partial charge on any atom is 0.321 e. The molecular formula is C21H25N3O4. The summed E-state index contributed by atoms with van der Waals surface area (Å²) >= 11 is 0. The van der Waals surface area contributed by atoms with E-state index in [0.29, 0.717) is 24.5 Å². The number of likely N-dealkylation sites (tertiary alicyclic amines) is 1. The zero-order valence-electron chi connectivity index (χ0n) is 16.1. The van der Waals surface area contributed by atoms with Crippen molar-refractivity contribution >= 4 is 23.3 Å². The first-order valence-corrected chi connectivity index (χ1v) is 9.24. The Morgan fingerprint density at radius 2 is 1.43 bits per heavy atom. The summed E-state index contributed by atoms with van der Waals surface area (Å²) in [6, 6.07) is 14.1. The lowest BCUT2D eigenvalue weighted by atomic mass is 9.97. The third-order valence-corrected chi connectivity index (χ3v) is 4.78. The Hall–Kier alpha value is -3.22. The number of rotatable bonds is 5. The number of hydrogen-bond donors (Lipinski definition) is 2. The minimum absolute atomic E-state index is 0.0767. The van der Waals surface area contributed by atoms with E-state index in [9.17, 15) is 9.59 Å². The molecule has 1 aliphatic heterocycles. The van der Waals surface area contributed by atoms with Crippen LogP contribution < -0.4 is 20.1 Å². The predicted molar refractivity (Wildman–Crippen MR) is 108 cm³/mol. The van der Waals surface area contributed by atoms with E-state index in [2.05, 4.69) is 10.6 Å². The van der Waals surface area contributed by atoms with Crippen molar-refractivity contribution in [2.75, 3.05) is 37.9 Å². The van der Waals surface area contributed by atoms with Gasteiger partial charge >= 0.3 is 6.03 Å². The summed E-state index contributed by atoms with van der Waals surface area (Å²) in [5, 5.41) is 5.79. The van der Waals surface area contributed by atoms with E-state index < -0.39 is 0 Å². The molecule has 148 valence electrons. The summed E-state index contributed by atoms with van der Waals surface area (Å²) in [5.74, 6) is 1.15. The summed E-state index contributed by atoms with van der Waals surface area (Å²) < 4.78 is 10.2. The van der Waals surface area contributed by atoms with Crippen LogP contribution in [0, 0.1) is 5.92 Å². The van der Waals surface area contributed by atoms with Crippen molar-refractivity contribution in [3.8, 4) is 11.5 Å². The van der Waals surface area contributed by atoms with Gasteiger partial charge in [0.1, 0.15) is 11.5 Å². The van der Waals surface area contributed by atoms with Crippen LogP contribution in [0.3, 0.4) is 0 Å². The van der Waals surface area contributed by atoms with Crippen molar-refractivity contribution in [3.05, 3.63) is 48.5 Å². The molecule has 28 heavy (non-hydrogen) atoms. The maximum absolute atomic E-state index is 12.6.